The minimum atomic E-state index is -1.14. The summed E-state index contributed by atoms with van der Waals surface area (Å²) in [7, 11) is 0. The van der Waals surface area contributed by atoms with Gasteiger partial charge in [0.2, 0.25) is 18.0 Å². The maximum absolute atomic E-state index is 12.5. The van der Waals surface area contributed by atoms with Crippen molar-refractivity contribution in [2.45, 2.75) is 96.2 Å². The normalized spacial score (nSPS) is 43.5. The summed E-state index contributed by atoms with van der Waals surface area (Å²) < 4.78 is 18.0. The van der Waals surface area contributed by atoms with E-state index < -0.39 is 47.9 Å². The summed E-state index contributed by atoms with van der Waals surface area (Å²) in [5.41, 5.74) is -0.733. The van der Waals surface area contributed by atoms with Gasteiger partial charge in [0.25, 0.3) is 0 Å². The molecule has 32 heavy (non-hydrogen) atoms. The Balaban J connectivity index is 1.42. The number of ether oxygens (including phenoxy) is 3. The lowest BCUT2D eigenvalue weighted by atomic mass is 9.58. The van der Waals surface area contributed by atoms with Crippen LogP contribution in [-0.4, -0.2) is 53.0 Å². The van der Waals surface area contributed by atoms with Gasteiger partial charge in [-0.25, -0.2) is 9.78 Å². The van der Waals surface area contributed by atoms with Crippen LogP contribution in [-0.2, 0) is 38.4 Å². The molecule has 1 aliphatic carbocycles. The molecule has 0 aromatic rings. The summed E-state index contributed by atoms with van der Waals surface area (Å²) in [6, 6.07) is -1.02. The number of esters is 1. The van der Waals surface area contributed by atoms with Crippen LogP contribution in [0.15, 0.2) is 0 Å². The van der Waals surface area contributed by atoms with E-state index in [1.54, 1.807) is 0 Å². The number of carboxylic acid groups (broad SMARTS) is 1. The van der Waals surface area contributed by atoms with Crippen LogP contribution in [0, 0.1) is 23.7 Å². The third kappa shape index (κ3) is 4.02. The summed E-state index contributed by atoms with van der Waals surface area (Å²) in [6.07, 6.45) is 1.64. The molecule has 2 bridgehead atoms. The molecule has 0 aromatic heterocycles. The van der Waals surface area contributed by atoms with Gasteiger partial charge in [-0.15, -0.1) is 0 Å². The van der Waals surface area contributed by atoms with Gasteiger partial charge >= 0.3 is 11.9 Å². The summed E-state index contributed by atoms with van der Waals surface area (Å²) in [5, 5.41) is 11.2. The minimum absolute atomic E-state index is 0.0302. The van der Waals surface area contributed by atoms with Crippen molar-refractivity contribution in [3.8, 4) is 0 Å². The summed E-state index contributed by atoms with van der Waals surface area (Å²) >= 11 is 0. The number of aliphatic carboxylic acids is 1. The molecule has 5 rings (SSSR count). The average Bonchev–Trinajstić information content (AvgIpc) is 2.96. The van der Waals surface area contributed by atoms with Crippen molar-refractivity contribution in [3.05, 3.63) is 0 Å². The van der Waals surface area contributed by atoms with Gasteiger partial charge < -0.3 is 24.6 Å². The number of hydrogen-bond acceptors (Lipinski definition) is 8. The number of amides is 1. The predicted molar refractivity (Wildman–Crippen MR) is 107 cm³/mol. The van der Waals surface area contributed by atoms with Crippen LogP contribution in [0.25, 0.3) is 0 Å². The number of carbonyl (C=O) groups excluding carboxylic acids is 2. The van der Waals surface area contributed by atoms with E-state index in [0.717, 1.165) is 19.3 Å². The van der Waals surface area contributed by atoms with E-state index in [1.807, 2.05) is 13.8 Å². The van der Waals surface area contributed by atoms with E-state index in [0.29, 0.717) is 12.3 Å². The second-order valence-corrected chi connectivity index (χ2v) is 9.89. The molecule has 180 valence electrons. The van der Waals surface area contributed by atoms with Crippen molar-refractivity contribution in [3.63, 3.8) is 0 Å². The number of fused-ring (bicyclic) bond motifs is 2. The quantitative estimate of drug-likeness (QED) is 0.457. The second-order valence-electron chi connectivity index (χ2n) is 9.89. The largest absolute Gasteiger partial charge is 0.480 e. The lowest BCUT2D eigenvalue weighted by molar-refractivity contribution is -0.576. The number of carboxylic acids is 1. The Morgan fingerprint density at radius 1 is 1.12 bits per heavy atom. The van der Waals surface area contributed by atoms with Crippen LogP contribution in [0.4, 0.5) is 0 Å². The molecular weight excluding hydrogens is 422 g/mol. The standard InChI is InChI=1S/C22H33NO9/c1-11-5-6-15-12(2)19(28-17(25)8-7-16(24)23-13(3)18(26)27)29-20-22(15)14(11)9-10-21(4,30-20)31-32-22/h11-15,19-20H,5-10H2,1-4H3,(H,23,24)(H,26,27)/t11-,12-,13?,14+,15+,19-,20-,21+,22?/m1/s1. The van der Waals surface area contributed by atoms with Crippen LogP contribution in [0.5, 0.6) is 0 Å². The first-order chi connectivity index (χ1) is 15.1. The Kier molecular flexibility index (Phi) is 6.26. The van der Waals surface area contributed by atoms with E-state index in [4.69, 9.17) is 29.1 Å². The Hall–Kier alpha value is -1.75. The minimum Gasteiger partial charge on any atom is -0.480 e. The first-order valence-corrected chi connectivity index (χ1v) is 11.5. The fourth-order valence-electron chi connectivity index (χ4n) is 5.79. The van der Waals surface area contributed by atoms with E-state index in [1.165, 1.54) is 6.92 Å². The number of carbonyl (C=O) groups is 3. The third-order valence-corrected chi connectivity index (χ3v) is 7.65. The SMILES string of the molecule is CC(NC(=O)CCC(=O)O[C@@H]1O[C@@H]2O[C@]3(C)CC[C@H]4[C@H](C)CC[C@@H]([C@H]1C)C24OO3)C(=O)O. The molecule has 10 heteroatoms. The first-order valence-electron chi connectivity index (χ1n) is 11.5. The molecule has 9 atom stereocenters. The zero-order valence-electron chi connectivity index (χ0n) is 19.0. The molecule has 0 aromatic carbocycles. The monoisotopic (exact) mass is 455 g/mol. The van der Waals surface area contributed by atoms with E-state index in [2.05, 4.69) is 12.2 Å². The number of hydrogen-bond donors (Lipinski definition) is 2. The van der Waals surface area contributed by atoms with E-state index >= 15 is 0 Å². The maximum atomic E-state index is 12.5. The number of rotatable bonds is 6. The maximum Gasteiger partial charge on any atom is 0.325 e. The molecule has 1 saturated carbocycles. The molecule has 4 heterocycles. The van der Waals surface area contributed by atoms with Gasteiger partial charge in [0.1, 0.15) is 6.04 Å². The van der Waals surface area contributed by atoms with Gasteiger partial charge in [-0.2, -0.15) is 0 Å². The molecule has 1 spiro atoms. The van der Waals surface area contributed by atoms with Crippen LogP contribution >= 0.6 is 0 Å². The molecule has 4 aliphatic heterocycles. The Morgan fingerprint density at radius 3 is 2.59 bits per heavy atom. The smallest absolute Gasteiger partial charge is 0.325 e. The molecule has 4 saturated heterocycles. The van der Waals surface area contributed by atoms with Crippen molar-refractivity contribution in [2.24, 2.45) is 23.7 Å². The highest BCUT2D eigenvalue weighted by Gasteiger charge is 2.69. The lowest BCUT2D eigenvalue weighted by Crippen LogP contribution is -2.70. The fraction of sp³-hybridized carbons (Fsp3) is 0.864. The highest BCUT2D eigenvalue weighted by atomic mass is 17.3. The van der Waals surface area contributed by atoms with Crippen LogP contribution in [0.2, 0.25) is 0 Å². The first kappa shape index (κ1) is 23.4. The van der Waals surface area contributed by atoms with Crippen molar-refractivity contribution in [1.29, 1.82) is 0 Å². The van der Waals surface area contributed by atoms with Gasteiger partial charge in [0.05, 0.1) is 6.42 Å². The lowest BCUT2D eigenvalue weighted by Gasteiger charge is -2.59. The van der Waals surface area contributed by atoms with Crippen molar-refractivity contribution in [2.75, 3.05) is 0 Å². The molecule has 2 unspecified atom stereocenters. The molecule has 5 aliphatic rings. The number of nitrogens with one attached hydrogen (secondary N) is 1. The van der Waals surface area contributed by atoms with Gasteiger partial charge in [-0.05, 0) is 44.9 Å². The highest BCUT2D eigenvalue weighted by molar-refractivity contribution is 5.85. The predicted octanol–water partition coefficient (Wildman–Crippen LogP) is 2.11. The Morgan fingerprint density at radius 2 is 1.88 bits per heavy atom. The van der Waals surface area contributed by atoms with Crippen molar-refractivity contribution >= 4 is 17.8 Å². The Bertz CT molecular complexity index is 775. The van der Waals surface area contributed by atoms with E-state index in [9.17, 15) is 14.4 Å². The molecule has 0 radical (unpaired) electrons. The topological polar surface area (TPSA) is 130 Å². The molecule has 10 nitrogen and oxygen atoms in total. The summed E-state index contributed by atoms with van der Waals surface area (Å²) in [6.45, 7) is 7.39. The van der Waals surface area contributed by atoms with E-state index in [-0.39, 0.29) is 30.6 Å². The highest BCUT2D eigenvalue weighted by Crippen LogP contribution is 2.60. The Labute approximate surface area is 187 Å². The van der Waals surface area contributed by atoms with Gasteiger partial charge in [-0.3, -0.25) is 14.4 Å². The summed E-state index contributed by atoms with van der Waals surface area (Å²) in [5.74, 6) is -2.64. The second kappa shape index (κ2) is 8.55. The van der Waals surface area contributed by atoms with Gasteiger partial charge in [0, 0.05) is 24.7 Å². The van der Waals surface area contributed by atoms with Crippen LogP contribution in [0.3, 0.4) is 0 Å². The van der Waals surface area contributed by atoms with Crippen LogP contribution in [0.1, 0.15) is 66.2 Å². The molecule has 5 fully saturated rings. The molecular formula is C22H33NO9. The van der Waals surface area contributed by atoms with Gasteiger partial charge in [-0.1, -0.05) is 13.8 Å². The van der Waals surface area contributed by atoms with Crippen molar-refractivity contribution in [1.82, 2.24) is 5.32 Å². The summed E-state index contributed by atoms with van der Waals surface area (Å²) in [4.78, 5) is 47.0. The zero-order chi connectivity index (χ0) is 23.3. The third-order valence-electron chi connectivity index (χ3n) is 7.65. The molecule has 1 amide bonds. The van der Waals surface area contributed by atoms with Crippen LogP contribution < -0.4 is 5.32 Å². The van der Waals surface area contributed by atoms with Crippen molar-refractivity contribution < 1.29 is 43.5 Å². The fourth-order valence-corrected chi connectivity index (χ4v) is 5.79. The average molecular weight is 456 g/mol. The van der Waals surface area contributed by atoms with Gasteiger partial charge in [0.15, 0.2) is 11.9 Å². The molecule has 2 N–H and O–H groups in total. The zero-order valence-corrected chi connectivity index (χ0v) is 19.0.